The molecule has 0 bridgehead atoms. The number of hydrogen-bond acceptors (Lipinski definition) is 4. The fraction of sp³-hybridized carbons (Fsp3) is 0.515. The van der Waals surface area contributed by atoms with E-state index in [1.54, 1.807) is 12.1 Å². The molecule has 1 heterocycles. The van der Waals surface area contributed by atoms with E-state index >= 15 is 0 Å². The van der Waals surface area contributed by atoms with E-state index in [0.29, 0.717) is 23.6 Å². The molecule has 5 heteroatoms. The summed E-state index contributed by atoms with van der Waals surface area (Å²) in [5.41, 5.74) is 6.05. The van der Waals surface area contributed by atoms with Crippen molar-refractivity contribution in [3.8, 4) is 11.5 Å². The maximum Gasteiger partial charge on any atom is 0.116 e. The van der Waals surface area contributed by atoms with Crippen molar-refractivity contribution in [3.63, 3.8) is 0 Å². The second-order valence-corrected chi connectivity index (χ2v) is 10.9. The second kappa shape index (κ2) is 15.6. The van der Waals surface area contributed by atoms with Gasteiger partial charge in [-0.25, -0.2) is 0 Å². The number of nitrogens with one attached hydrogen (secondary N) is 3. The molecular formula is C33H49N3O2. The average Bonchev–Trinajstić information content (AvgIpc) is 3.29. The number of aromatic nitrogens is 1. The molecule has 0 saturated heterocycles. The number of benzene rings is 2. The van der Waals surface area contributed by atoms with Gasteiger partial charge in [0.05, 0.1) is 0 Å². The molecule has 2 unspecified atom stereocenters. The summed E-state index contributed by atoms with van der Waals surface area (Å²) in [7, 11) is 0. The number of rotatable bonds is 17. The van der Waals surface area contributed by atoms with E-state index in [2.05, 4.69) is 55.6 Å². The predicted octanol–water partition coefficient (Wildman–Crippen LogP) is 7.61. The van der Waals surface area contributed by atoms with Crippen LogP contribution in [0.1, 0.15) is 88.8 Å². The molecule has 2 aromatic carbocycles. The van der Waals surface area contributed by atoms with Crippen molar-refractivity contribution in [2.75, 3.05) is 13.1 Å². The molecule has 0 radical (unpaired) electrons. The molecule has 0 amide bonds. The van der Waals surface area contributed by atoms with Crippen LogP contribution in [-0.2, 0) is 6.42 Å². The number of fused-ring (bicyclic) bond motifs is 1. The number of aromatic hydroxyl groups is 2. The SMILES string of the molecule is CC/C=C(/CCNC(C)CCCCCCC(C)NCCc1c[nH]c2ccc(O)cc12)c1cc(O)ccc1C. The van der Waals surface area contributed by atoms with Gasteiger partial charge in [0.1, 0.15) is 11.5 Å². The van der Waals surface area contributed by atoms with Crippen LogP contribution < -0.4 is 10.6 Å². The van der Waals surface area contributed by atoms with Crippen LogP contribution >= 0.6 is 0 Å². The molecule has 38 heavy (non-hydrogen) atoms. The van der Waals surface area contributed by atoms with E-state index in [4.69, 9.17) is 0 Å². The lowest BCUT2D eigenvalue weighted by Gasteiger charge is -2.16. The van der Waals surface area contributed by atoms with Gasteiger partial charge in [-0.3, -0.25) is 0 Å². The lowest BCUT2D eigenvalue weighted by atomic mass is 9.96. The van der Waals surface area contributed by atoms with Gasteiger partial charge in [-0.1, -0.05) is 44.7 Å². The minimum Gasteiger partial charge on any atom is -0.508 e. The first-order valence-corrected chi connectivity index (χ1v) is 14.6. The Bertz CT molecular complexity index is 1150. The van der Waals surface area contributed by atoms with Crippen molar-refractivity contribution in [2.45, 2.75) is 97.6 Å². The van der Waals surface area contributed by atoms with Crippen molar-refractivity contribution in [3.05, 3.63) is 65.4 Å². The van der Waals surface area contributed by atoms with Crippen molar-refractivity contribution in [1.29, 1.82) is 0 Å². The van der Waals surface area contributed by atoms with Crippen molar-refractivity contribution >= 4 is 16.5 Å². The van der Waals surface area contributed by atoms with Gasteiger partial charge in [0, 0.05) is 29.2 Å². The third-order valence-electron chi connectivity index (χ3n) is 7.57. The standard InChI is InChI=1S/C33H49N3O2/c1-5-10-27(31-21-29(37)14-13-24(31)2)17-19-34-25(3)11-8-6-7-9-12-26(4)35-20-18-28-23-36-33-16-15-30(38)22-32(28)33/h10,13-16,21-23,25-26,34-38H,5-9,11-12,17-20H2,1-4H3/b27-10-. The molecule has 5 nitrogen and oxygen atoms in total. The van der Waals surface area contributed by atoms with Crippen LogP contribution in [0.3, 0.4) is 0 Å². The highest BCUT2D eigenvalue weighted by atomic mass is 16.3. The molecule has 208 valence electrons. The van der Waals surface area contributed by atoms with Crippen LogP contribution in [-0.4, -0.2) is 40.4 Å². The minimum atomic E-state index is 0.322. The number of phenolic OH excluding ortho intramolecular Hbond substituents is 2. The number of H-pyrrole nitrogens is 1. The molecular weight excluding hydrogens is 470 g/mol. The van der Waals surface area contributed by atoms with Crippen LogP contribution in [0.2, 0.25) is 0 Å². The fourth-order valence-corrected chi connectivity index (χ4v) is 5.29. The maximum absolute atomic E-state index is 9.92. The minimum absolute atomic E-state index is 0.322. The summed E-state index contributed by atoms with van der Waals surface area (Å²) >= 11 is 0. The van der Waals surface area contributed by atoms with Crippen LogP contribution in [0.25, 0.3) is 16.5 Å². The van der Waals surface area contributed by atoms with Crippen LogP contribution in [0.4, 0.5) is 0 Å². The Morgan fingerprint density at radius 1 is 0.895 bits per heavy atom. The Balaban J connectivity index is 1.23. The van der Waals surface area contributed by atoms with E-state index in [9.17, 15) is 10.2 Å². The van der Waals surface area contributed by atoms with Gasteiger partial charge in [0.25, 0.3) is 0 Å². The van der Waals surface area contributed by atoms with Gasteiger partial charge in [-0.2, -0.15) is 0 Å². The highest BCUT2D eigenvalue weighted by Crippen LogP contribution is 2.26. The Hall–Kier alpha value is -2.76. The van der Waals surface area contributed by atoms with E-state index in [1.807, 2.05) is 24.3 Å². The zero-order valence-electron chi connectivity index (χ0n) is 23.9. The van der Waals surface area contributed by atoms with E-state index in [-0.39, 0.29) is 0 Å². The van der Waals surface area contributed by atoms with E-state index in [0.717, 1.165) is 43.3 Å². The quantitative estimate of drug-likeness (QED) is 0.119. The zero-order chi connectivity index (χ0) is 27.3. The number of aromatic amines is 1. The number of phenols is 2. The first-order valence-electron chi connectivity index (χ1n) is 14.6. The molecule has 5 N–H and O–H groups in total. The molecule has 1 aromatic heterocycles. The number of unbranched alkanes of at least 4 members (excludes halogenated alkanes) is 3. The lowest BCUT2D eigenvalue weighted by Crippen LogP contribution is -2.28. The largest absolute Gasteiger partial charge is 0.508 e. The smallest absolute Gasteiger partial charge is 0.116 e. The molecule has 0 aliphatic rings. The van der Waals surface area contributed by atoms with E-state index < -0.39 is 0 Å². The van der Waals surface area contributed by atoms with Crippen molar-refractivity contribution in [2.24, 2.45) is 0 Å². The summed E-state index contributed by atoms with van der Waals surface area (Å²) in [4.78, 5) is 3.29. The number of allylic oxidation sites excluding steroid dienone is 1. The normalized spacial score (nSPS) is 13.7. The van der Waals surface area contributed by atoms with Gasteiger partial charge >= 0.3 is 0 Å². The summed E-state index contributed by atoms with van der Waals surface area (Å²) < 4.78 is 0. The van der Waals surface area contributed by atoms with Gasteiger partial charge in [0.2, 0.25) is 0 Å². The van der Waals surface area contributed by atoms with E-state index in [1.165, 1.54) is 60.8 Å². The summed E-state index contributed by atoms with van der Waals surface area (Å²) in [5, 5.41) is 28.2. The van der Waals surface area contributed by atoms with Gasteiger partial charge in [0.15, 0.2) is 0 Å². The first kappa shape index (κ1) is 29.8. The summed E-state index contributed by atoms with van der Waals surface area (Å²) in [6.45, 7) is 10.8. The lowest BCUT2D eigenvalue weighted by molar-refractivity contribution is 0.461. The second-order valence-electron chi connectivity index (χ2n) is 10.9. The number of hydrogen-bond donors (Lipinski definition) is 5. The highest BCUT2D eigenvalue weighted by Gasteiger charge is 2.09. The first-order chi connectivity index (χ1) is 18.4. The average molecular weight is 520 g/mol. The monoisotopic (exact) mass is 519 g/mol. The highest BCUT2D eigenvalue weighted by molar-refractivity contribution is 5.84. The zero-order valence-corrected chi connectivity index (χ0v) is 23.9. The third kappa shape index (κ3) is 9.52. The third-order valence-corrected chi connectivity index (χ3v) is 7.57. The molecule has 0 saturated carbocycles. The number of aryl methyl sites for hydroxylation is 1. The topological polar surface area (TPSA) is 80.3 Å². The van der Waals surface area contributed by atoms with Crippen molar-refractivity contribution in [1.82, 2.24) is 15.6 Å². The molecule has 0 aliphatic heterocycles. The molecule has 0 aliphatic carbocycles. The molecule has 0 fully saturated rings. The van der Waals surface area contributed by atoms with Gasteiger partial charge in [-0.15, -0.1) is 0 Å². The molecule has 3 aromatic rings. The Kier molecular flexibility index (Phi) is 12.2. The molecule has 2 atom stereocenters. The van der Waals surface area contributed by atoms with Crippen LogP contribution in [0.15, 0.2) is 48.7 Å². The predicted molar refractivity (Wildman–Crippen MR) is 162 cm³/mol. The summed E-state index contributed by atoms with van der Waals surface area (Å²) in [6, 6.07) is 12.2. The fourth-order valence-electron chi connectivity index (χ4n) is 5.29. The van der Waals surface area contributed by atoms with Crippen LogP contribution in [0.5, 0.6) is 11.5 Å². The van der Waals surface area contributed by atoms with Gasteiger partial charge in [-0.05, 0) is 119 Å². The molecule has 0 spiro atoms. The Labute approximate surface area is 229 Å². The van der Waals surface area contributed by atoms with Crippen molar-refractivity contribution < 1.29 is 10.2 Å². The molecule has 3 rings (SSSR count). The van der Waals surface area contributed by atoms with Gasteiger partial charge < -0.3 is 25.8 Å². The maximum atomic E-state index is 9.92. The Morgan fingerprint density at radius 2 is 1.55 bits per heavy atom. The summed E-state index contributed by atoms with van der Waals surface area (Å²) in [6.07, 6.45) is 14.8. The van der Waals surface area contributed by atoms with Crippen LogP contribution in [0, 0.1) is 6.92 Å². The summed E-state index contributed by atoms with van der Waals surface area (Å²) in [5.74, 6) is 0.662. The Morgan fingerprint density at radius 3 is 2.26 bits per heavy atom.